The maximum atomic E-state index is 11.1. The first-order valence-corrected chi connectivity index (χ1v) is 5.10. The van der Waals surface area contributed by atoms with Gasteiger partial charge in [0.15, 0.2) is 0 Å². The second kappa shape index (κ2) is 4.45. The van der Waals surface area contributed by atoms with Crippen LogP contribution in [0, 0.1) is 11.8 Å². The molecule has 0 aromatic carbocycles. The zero-order valence-electron chi connectivity index (χ0n) is 8.55. The smallest absolute Gasteiger partial charge is 0.243 e. The summed E-state index contributed by atoms with van der Waals surface area (Å²) in [6.07, 6.45) is 4.89. The van der Waals surface area contributed by atoms with Crippen molar-refractivity contribution in [2.45, 2.75) is 39.2 Å². The molecule has 2 nitrogen and oxygen atoms in total. The Bertz CT molecular complexity index is 200. The minimum atomic E-state index is -0.0300. The summed E-state index contributed by atoms with van der Waals surface area (Å²) in [7, 11) is 0. The molecule has 1 N–H and O–H groups in total. The van der Waals surface area contributed by atoms with E-state index >= 15 is 0 Å². The van der Waals surface area contributed by atoms with Crippen molar-refractivity contribution in [2.24, 2.45) is 11.8 Å². The Morgan fingerprint density at radius 2 is 2.31 bits per heavy atom. The van der Waals surface area contributed by atoms with Gasteiger partial charge >= 0.3 is 0 Å². The Morgan fingerprint density at radius 3 is 2.85 bits per heavy atom. The standard InChI is InChI=1S/C11H19NO/c1-4-9-6-8(3)7-10(9)12-11(13)5-2/h5,8-10H,2,4,6-7H2,1,3H3,(H,12,13). The number of nitrogens with one attached hydrogen (secondary N) is 1. The molecule has 1 rings (SSSR count). The molecular weight excluding hydrogens is 162 g/mol. The summed E-state index contributed by atoms with van der Waals surface area (Å²) in [5, 5.41) is 3.00. The predicted octanol–water partition coefficient (Wildman–Crippen LogP) is 2.11. The number of carbonyl (C=O) groups excluding carboxylic acids is 1. The van der Waals surface area contributed by atoms with Gasteiger partial charge in [0.05, 0.1) is 0 Å². The topological polar surface area (TPSA) is 29.1 Å². The number of carbonyl (C=O) groups is 1. The Hall–Kier alpha value is -0.790. The summed E-state index contributed by atoms with van der Waals surface area (Å²) in [5.41, 5.74) is 0. The van der Waals surface area contributed by atoms with Crippen molar-refractivity contribution in [2.75, 3.05) is 0 Å². The van der Waals surface area contributed by atoms with Crippen LogP contribution in [0.15, 0.2) is 12.7 Å². The maximum absolute atomic E-state index is 11.1. The van der Waals surface area contributed by atoms with Gasteiger partial charge in [0.2, 0.25) is 5.91 Å². The van der Waals surface area contributed by atoms with E-state index < -0.39 is 0 Å². The third-order valence-electron chi connectivity index (χ3n) is 2.97. The molecule has 0 aromatic heterocycles. The molecular formula is C11H19NO. The summed E-state index contributed by atoms with van der Waals surface area (Å²) >= 11 is 0. The molecule has 1 aliphatic rings. The summed E-state index contributed by atoms with van der Waals surface area (Å²) in [4.78, 5) is 11.1. The Labute approximate surface area is 80.4 Å². The first-order chi connectivity index (χ1) is 6.17. The second-order valence-electron chi connectivity index (χ2n) is 4.06. The zero-order valence-corrected chi connectivity index (χ0v) is 8.55. The lowest BCUT2D eigenvalue weighted by molar-refractivity contribution is -0.117. The molecule has 1 fully saturated rings. The Kier molecular flexibility index (Phi) is 3.52. The number of rotatable bonds is 3. The second-order valence-corrected chi connectivity index (χ2v) is 4.06. The van der Waals surface area contributed by atoms with E-state index in [2.05, 4.69) is 25.7 Å². The van der Waals surface area contributed by atoms with Crippen LogP contribution in [0.5, 0.6) is 0 Å². The average Bonchev–Trinajstić information content (AvgIpc) is 2.46. The average molecular weight is 181 g/mol. The van der Waals surface area contributed by atoms with E-state index in [-0.39, 0.29) is 5.91 Å². The highest BCUT2D eigenvalue weighted by atomic mass is 16.1. The van der Waals surface area contributed by atoms with E-state index in [1.807, 2.05) is 0 Å². The molecule has 1 aliphatic carbocycles. The number of hydrogen-bond donors (Lipinski definition) is 1. The fraction of sp³-hybridized carbons (Fsp3) is 0.727. The molecule has 0 aliphatic heterocycles. The fourth-order valence-electron chi connectivity index (χ4n) is 2.27. The van der Waals surface area contributed by atoms with Crippen LogP contribution in [0.1, 0.15) is 33.1 Å². The third-order valence-corrected chi connectivity index (χ3v) is 2.97. The first kappa shape index (κ1) is 10.3. The number of hydrogen-bond acceptors (Lipinski definition) is 1. The van der Waals surface area contributed by atoms with Crippen molar-refractivity contribution >= 4 is 5.91 Å². The highest BCUT2D eigenvalue weighted by molar-refractivity contribution is 5.87. The van der Waals surface area contributed by atoms with Gasteiger partial charge < -0.3 is 5.32 Å². The molecule has 1 saturated carbocycles. The van der Waals surface area contributed by atoms with Crippen LogP contribution < -0.4 is 5.32 Å². The van der Waals surface area contributed by atoms with Gasteiger partial charge in [0.1, 0.15) is 0 Å². The van der Waals surface area contributed by atoms with Crippen molar-refractivity contribution < 1.29 is 4.79 Å². The van der Waals surface area contributed by atoms with Crippen LogP contribution >= 0.6 is 0 Å². The Balaban J connectivity index is 2.48. The quantitative estimate of drug-likeness (QED) is 0.664. The molecule has 0 aromatic rings. The van der Waals surface area contributed by atoms with Crippen LogP contribution in [0.2, 0.25) is 0 Å². The molecule has 13 heavy (non-hydrogen) atoms. The maximum Gasteiger partial charge on any atom is 0.243 e. The van der Waals surface area contributed by atoms with Gasteiger partial charge in [-0.2, -0.15) is 0 Å². The van der Waals surface area contributed by atoms with Crippen molar-refractivity contribution in [3.05, 3.63) is 12.7 Å². The molecule has 0 heterocycles. The monoisotopic (exact) mass is 181 g/mol. The van der Waals surface area contributed by atoms with E-state index in [4.69, 9.17) is 0 Å². The van der Waals surface area contributed by atoms with Crippen LogP contribution in [-0.2, 0) is 4.79 Å². The summed E-state index contributed by atoms with van der Waals surface area (Å²) in [5.74, 6) is 1.39. The summed E-state index contributed by atoms with van der Waals surface area (Å²) < 4.78 is 0. The van der Waals surface area contributed by atoms with Crippen molar-refractivity contribution in [3.8, 4) is 0 Å². The van der Waals surface area contributed by atoms with Crippen LogP contribution in [0.3, 0.4) is 0 Å². The van der Waals surface area contributed by atoms with Crippen molar-refractivity contribution in [3.63, 3.8) is 0 Å². The minimum Gasteiger partial charge on any atom is -0.350 e. The molecule has 3 atom stereocenters. The lowest BCUT2D eigenvalue weighted by atomic mass is 10.0. The van der Waals surface area contributed by atoms with Crippen LogP contribution in [0.4, 0.5) is 0 Å². The Morgan fingerprint density at radius 1 is 1.62 bits per heavy atom. The predicted molar refractivity (Wildman–Crippen MR) is 54.3 cm³/mol. The van der Waals surface area contributed by atoms with E-state index in [0.29, 0.717) is 12.0 Å². The van der Waals surface area contributed by atoms with Crippen molar-refractivity contribution in [1.29, 1.82) is 0 Å². The van der Waals surface area contributed by atoms with Crippen LogP contribution in [0.25, 0.3) is 0 Å². The zero-order chi connectivity index (χ0) is 9.84. The highest BCUT2D eigenvalue weighted by Gasteiger charge is 2.30. The van der Waals surface area contributed by atoms with Gasteiger partial charge in [-0.1, -0.05) is 26.8 Å². The first-order valence-electron chi connectivity index (χ1n) is 5.10. The highest BCUT2D eigenvalue weighted by Crippen LogP contribution is 2.32. The molecule has 0 saturated heterocycles. The largest absolute Gasteiger partial charge is 0.350 e. The molecule has 0 bridgehead atoms. The molecule has 3 unspecified atom stereocenters. The molecule has 74 valence electrons. The molecule has 1 amide bonds. The van der Waals surface area contributed by atoms with Crippen molar-refractivity contribution in [1.82, 2.24) is 5.32 Å². The van der Waals surface area contributed by atoms with E-state index in [1.165, 1.54) is 12.5 Å². The van der Waals surface area contributed by atoms with E-state index in [9.17, 15) is 4.79 Å². The summed E-state index contributed by atoms with van der Waals surface area (Å²) in [6, 6.07) is 0.380. The van der Waals surface area contributed by atoms with Gasteiger partial charge in [0.25, 0.3) is 0 Å². The van der Waals surface area contributed by atoms with Gasteiger partial charge in [-0.05, 0) is 30.8 Å². The fourth-order valence-corrected chi connectivity index (χ4v) is 2.27. The van der Waals surface area contributed by atoms with E-state index in [1.54, 1.807) is 0 Å². The van der Waals surface area contributed by atoms with Gasteiger partial charge in [0, 0.05) is 6.04 Å². The minimum absolute atomic E-state index is 0.0300. The van der Waals surface area contributed by atoms with Gasteiger partial charge in [-0.3, -0.25) is 4.79 Å². The SMILES string of the molecule is C=CC(=O)NC1CC(C)CC1CC. The van der Waals surface area contributed by atoms with Crippen LogP contribution in [-0.4, -0.2) is 11.9 Å². The van der Waals surface area contributed by atoms with Gasteiger partial charge in [-0.25, -0.2) is 0 Å². The normalized spacial score (nSPS) is 32.9. The molecule has 0 radical (unpaired) electrons. The summed E-state index contributed by atoms with van der Waals surface area (Å²) in [6.45, 7) is 7.90. The third kappa shape index (κ3) is 2.58. The lowest BCUT2D eigenvalue weighted by Crippen LogP contribution is -2.36. The number of amides is 1. The molecule has 2 heteroatoms. The van der Waals surface area contributed by atoms with Gasteiger partial charge in [-0.15, -0.1) is 0 Å². The van der Waals surface area contributed by atoms with E-state index in [0.717, 1.165) is 18.8 Å². The molecule has 0 spiro atoms. The lowest BCUT2D eigenvalue weighted by Gasteiger charge is -2.18.